The molecule has 1 amide bonds. The van der Waals surface area contributed by atoms with Gasteiger partial charge in [-0.1, -0.05) is 0 Å². The Morgan fingerprint density at radius 2 is 2.33 bits per heavy atom. The average Bonchev–Trinajstić information content (AvgIpc) is 2.94. The van der Waals surface area contributed by atoms with E-state index < -0.39 is 16.6 Å². The van der Waals surface area contributed by atoms with Crippen molar-refractivity contribution in [2.75, 3.05) is 13.1 Å². The molecule has 2 N–H and O–H groups in total. The maximum absolute atomic E-state index is 13.9. The van der Waals surface area contributed by atoms with E-state index in [1.165, 1.54) is 6.92 Å². The third-order valence-electron chi connectivity index (χ3n) is 3.64. The second-order valence-electron chi connectivity index (χ2n) is 5.22. The van der Waals surface area contributed by atoms with Crippen LogP contribution in [0.3, 0.4) is 0 Å². The van der Waals surface area contributed by atoms with Crippen molar-refractivity contribution in [3.8, 4) is 0 Å². The van der Waals surface area contributed by atoms with Crippen molar-refractivity contribution in [2.24, 2.45) is 0 Å². The molecular weight excluding hydrogens is 277 g/mol. The van der Waals surface area contributed by atoms with Crippen molar-refractivity contribution < 1.29 is 14.1 Å². The van der Waals surface area contributed by atoms with Crippen molar-refractivity contribution >= 4 is 11.6 Å². The van der Waals surface area contributed by atoms with Gasteiger partial charge in [-0.2, -0.15) is 0 Å². The molecule has 21 heavy (non-hydrogen) atoms. The van der Waals surface area contributed by atoms with Crippen molar-refractivity contribution in [3.05, 3.63) is 39.2 Å². The van der Waals surface area contributed by atoms with Gasteiger partial charge >= 0.3 is 0 Å². The highest BCUT2D eigenvalue weighted by Crippen LogP contribution is 2.21. The first-order chi connectivity index (χ1) is 9.99. The number of nitro benzene ring substituents is 1. The molecule has 0 aromatic heterocycles. The Morgan fingerprint density at radius 3 is 2.95 bits per heavy atom. The summed E-state index contributed by atoms with van der Waals surface area (Å²) in [7, 11) is 0. The molecule has 0 aliphatic carbocycles. The molecular formula is C14H18FN3O3. The second-order valence-corrected chi connectivity index (χ2v) is 5.22. The molecule has 6 nitrogen and oxygen atoms in total. The molecule has 1 aliphatic rings. The van der Waals surface area contributed by atoms with Gasteiger partial charge in [-0.25, -0.2) is 4.39 Å². The molecule has 1 atom stereocenters. The quantitative estimate of drug-likeness (QED) is 0.642. The lowest BCUT2D eigenvalue weighted by atomic mass is 10.1. The number of non-ortho nitro benzene ring substituents is 1. The third-order valence-corrected chi connectivity index (χ3v) is 3.64. The van der Waals surface area contributed by atoms with E-state index in [0.29, 0.717) is 12.6 Å². The largest absolute Gasteiger partial charge is 0.352 e. The molecule has 1 aliphatic heterocycles. The van der Waals surface area contributed by atoms with Gasteiger partial charge in [0.15, 0.2) is 0 Å². The number of nitro groups is 1. The number of aryl methyl sites for hydroxylation is 1. The Morgan fingerprint density at radius 1 is 1.57 bits per heavy atom. The lowest BCUT2D eigenvalue weighted by Gasteiger charge is -2.11. The fraction of sp³-hybridized carbons (Fsp3) is 0.500. The standard InChI is InChI=1S/C14H18FN3O3/c1-9-7-11(18(20)21)8-12(13(9)15)14(19)17-6-4-10-3-2-5-16-10/h7-8,10,16H,2-6H2,1H3,(H,17,19). The normalized spacial score (nSPS) is 17.7. The zero-order chi connectivity index (χ0) is 15.4. The van der Waals surface area contributed by atoms with Crippen molar-refractivity contribution in [1.82, 2.24) is 10.6 Å². The maximum Gasteiger partial charge on any atom is 0.270 e. The minimum absolute atomic E-state index is 0.0896. The number of hydrogen-bond acceptors (Lipinski definition) is 4. The number of benzene rings is 1. The van der Waals surface area contributed by atoms with Gasteiger partial charge in [0.1, 0.15) is 5.82 Å². The molecule has 1 heterocycles. The molecule has 1 fully saturated rings. The summed E-state index contributed by atoms with van der Waals surface area (Å²) in [6.07, 6.45) is 2.96. The summed E-state index contributed by atoms with van der Waals surface area (Å²) in [6, 6.07) is 2.47. The molecule has 0 radical (unpaired) electrons. The topological polar surface area (TPSA) is 84.3 Å². The number of hydrogen-bond donors (Lipinski definition) is 2. The van der Waals surface area contributed by atoms with Gasteiger partial charge < -0.3 is 10.6 Å². The summed E-state index contributed by atoms with van der Waals surface area (Å²) in [5.41, 5.74) is -0.468. The highest BCUT2D eigenvalue weighted by Gasteiger charge is 2.20. The summed E-state index contributed by atoms with van der Waals surface area (Å²) < 4.78 is 13.9. The lowest BCUT2D eigenvalue weighted by molar-refractivity contribution is -0.385. The first kappa shape index (κ1) is 15.4. The van der Waals surface area contributed by atoms with Crippen LogP contribution in [0.15, 0.2) is 12.1 Å². The number of nitrogens with zero attached hydrogens (tertiary/aromatic N) is 1. The number of carbonyl (C=O) groups excluding carboxylic acids is 1. The summed E-state index contributed by atoms with van der Waals surface area (Å²) in [5.74, 6) is -1.32. The van der Waals surface area contributed by atoms with E-state index in [9.17, 15) is 19.3 Å². The van der Waals surface area contributed by atoms with Gasteiger partial charge in [-0.05, 0) is 38.3 Å². The Kier molecular flexibility index (Phi) is 4.85. The Hall–Kier alpha value is -2.02. The molecule has 1 saturated heterocycles. The maximum atomic E-state index is 13.9. The highest BCUT2D eigenvalue weighted by molar-refractivity contribution is 5.95. The highest BCUT2D eigenvalue weighted by atomic mass is 19.1. The van der Waals surface area contributed by atoms with Crippen LogP contribution in [-0.2, 0) is 0 Å². The minimum Gasteiger partial charge on any atom is -0.352 e. The number of nitrogens with one attached hydrogen (secondary N) is 2. The van der Waals surface area contributed by atoms with Gasteiger partial charge in [0, 0.05) is 24.7 Å². The molecule has 0 saturated carbocycles. The van der Waals surface area contributed by atoms with Crippen LogP contribution in [0.1, 0.15) is 35.2 Å². The zero-order valence-corrected chi connectivity index (χ0v) is 11.8. The van der Waals surface area contributed by atoms with E-state index in [1.807, 2.05) is 0 Å². The van der Waals surface area contributed by atoms with Crippen LogP contribution in [0.5, 0.6) is 0 Å². The predicted octanol–water partition coefficient (Wildman–Crippen LogP) is 1.91. The van der Waals surface area contributed by atoms with E-state index in [0.717, 1.165) is 37.9 Å². The fourth-order valence-corrected chi connectivity index (χ4v) is 2.48. The number of carbonyl (C=O) groups is 1. The van der Waals surface area contributed by atoms with Crippen LogP contribution in [0.2, 0.25) is 0 Å². The third kappa shape index (κ3) is 3.75. The predicted molar refractivity (Wildman–Crippen MR) is 75.8 cm³/mol. The Labute approximate surface area is 121 Å². The van der Waals surface area contributed by atoms with E-state index >= 15 is 0 Å². The van der Waals surface area contributed by atoms with Gasteiger partial charge in [-0.15, -0.1) is 0 Å². The zero-order valence-electron chi connectivity index (χ0n) is 11.8. The first-order valence-electron chi connectivity index (χ1n) is 6.95. The molecule has 7 heteroatoms. The van der Waals surface area contributed by atoms with E-state index in [-0.39, 0.29) is 16.8 Å². The first-order valence-corrected chi connectivity index (χ1v) is 6.95. The summed E-state index contributed by atoms with van der Waals surface area (Å²) in [5, 5.41) is 16.7. The van der Waals surface area contributed by atoms with Crippen LogP contribution >= 0.6 is 0 Å². The van der Waals surface area contributed by atoms with E-state index in [2.05, 4.69) is 10.6 Å². The fourth-order valence-electron chi connectivity index (χ4n) is 2.48. The van der Waals surface area contributed by atoms with Crippen LogP contribution < -0.4 is 10.6 Å². The van der Waals surface area contributed by atoms with Crippen LogP contribution in [0.25, 0.3) is 0 Å². The van der Waals surface area contributed by atoms with Crippen molar-refractivity contribution in [1.29, 1.82) is 0 Å². The second kappa shape index (κ2) is 6.62. The van der Waals surface area contributed by atoms with Gasteiger partial charge in [0.25, 0.3) is 11.6 Å². The number of amides is 1. The smallest absolute Gasteiger partial charge is 0.270 e. The summed E-state index contributed by atoms with van der Waals surface area (Å²) >= 11 is 0. The van der Waals surface area contributed by atoms with Gasteiger partial charge in [-0.3, -0.25) is 14.9 Å². The molecule has 1 aromatic rings. The molecule has 1 unspecified atom stereocenters. The average molecular weight is 295 g/mol. The molecule has 1 aromatic carbocycles. The molecule has 0 spiro atoms. The van der Waals surface area contributed by atoms with Crippen molar-refractivity contribution in [2.45, 2.75) is 32.2 Å². The monoisotopic (exact) mass is 295 g/mol. The van der Waals surface area contributed by atoms with E-state index in [4.69, 9.17) is 0 Å². The molecule has 114 valence electrons. The van der Waals surface area contributed by atoms with Gasteiger partial charge in [0.05, 0.1) is 10.5 Å². The summed E-state index contributed by atoms with van der Waals surface area (Å²) in [6.45, 7) is 2.80. The van der Waals surface area contributed by atoms with Crippen LogP contribution in [0, 0.1) is 22.9 Å². The lowest BCUT2D eigenvalue weighted by Crippen LogP contribution is -2.31. The molecule has 2 rings (SSSR count). The van der Waals surface area contributed by atoms with Crippen LogP contribution in [0.4, 0.5) is 10.1 Å². The SMILES string of the molecule is Cc1cc([N+](=O)[O-])cc(C(=O)NCCC2CCCN2)c1F. The Bertz CT molecular complexity index is 557. The molecule has 0 bridgehead atoms. The minimum atomic E-state index is -0.711. The number of rotatable bonds is 5. The van der Waals surface area contributed by atoms with E-state index in [1.54, 1.807) is 0 Å². The Balaban J connectivity index is 2.02. The number of halogens is 1. The summed E-state index contributed by atoms with van der Waals surface area (Å²) in [4.78, 5) is 22.1. The van der Waals surface area contributed by atoms with Gasteiger partial charge in [0.2, 0.25) is 0 Å². The van der Waals surface area contributed by atoms with Crippen molar-refractivity contribution in [3.63, 3.8) is 0 Å². The van der Waals surface area contributed by atoms with Crippen LogP contribution in [-0.4, -0.2) is 30.0 Å².